The largest absolute Gasteiger partial charge is 0.464 e. The highest BCUT2D eigenvalue weighted by molar-refractivity contribution is 5.74. The van der Waals surface area contributed by atoms with Crippen LogP contribution in [0.15, 0.2) is 0 Å². The fourth-order valence-electron chi connectivity index (χ4n) is 0.789. The lowest BCUT2D eigenvalue weighted by atomic mass is 10.3. The SMILES string of the molecule is CCOC(=O)C(CC)OCC. The highest BCUT2D eigenvalue weighted by Crippen LogP contribution is 2.00. The second-order valence-electron chi connectivity index (χ2n) is 2.10. The molecule has 0 aromatic heterocycles. The Kier molecular flexibility index (Phi) is 5.84. The van der Waals surface area contributed by atoms with Gasteiger partial charge in [0.1, 0.15) is 0 Å². The van der Waals surface area contributed by atoms with E-state index in [1.165, 1.54) is 0 Å². The molecule has 0 heterocycles. The van der Waals surface area contributed by atoms with E-state index in [1.807, 2.05) is 13.8 Å². The van der Waals surface area contributed by atoms with Crippen LogP contribution in [0.2, 0.25) is 0 Å². The van der Waals surface area contributed by atoms with E-state index >= 15 is 0 Å². The Morgan fingerprint density at radius 1 is 1.27 bits per heavy atom. The summed E-state index contributed by atoms with van der Waals surface area (Å²) in [6.45, 7) is 6.52. The summed E-state index contributed by atoms with van der Waals surface area (Å²) in [5.41, 5.74) is 0. The molecule has 0 fully saturated rings. The van der Waals surface area contributed by atoms with Crippen molar-refractivity contribution in [2.45, 2.75) is 33.3 Å². The molecule has 0 aliphatic heterocycles. The summed E-state index contributed by atoms with van der Waals surface area (Å²) in [4.78, 5) is 11.0. The molecule has 0 saturated carbocycles. The maximum Gasteiger partial charge on any atom is 0.335 e. The number of esters is 1. The van der Waals surface area contributed by atoms with E-state index in [0.29, 0.717) is 19.6 Å². The summed E-state index contributed by atoms with van der Waals surface area (Å²) in [6, 6.07) is 0. The molecule has 1 atom stereocenters. The van der Waals surface area contributed by atoms with Crippen molar-refractivity contribution < 1.29 is 14.3 Å². The second kappa shape index (κ2) is 6.16. The monoisotopic (exact) mass is 160 g/mol. The second-order valence-corrected chi connectivity index (χ2v) is 2.10. The Labute approximate surface area is 67.7 Å². The van der Waals surface area contributed by atoms with Gasteiger partial charge >= 0.3 is 5.97 Å². The van der Waals surface area contributed by atoms with Gasteiger partial charge in [-0.15, -0.1) is 0 Å². The summed E-state index contributed by atoms with van der Waals surface area (Å²) in [5.74, 6) is -0.253. The first-order valence-corrected chi connectivity index (χ1v) is 4.04. The van der Waals surface area contributed by atoms with E-state index in [0.717, 1.165) is 0 Å². The molecule has 66 valence electrons. The van der Waals surface area contributed by atoms with Gasteiger partial charge in [-0.05, 0) is 20.3 Å². The third kappa shape index (κ3) is 3.98. The smallest absolute Gasteiger partial charge is 0.335 e. The molecule has 1 unspecified atom stereocenters. The predicted octanol–water partition coefficient (Wildman–Crippen LogP) is 1.36. The zero-order valence-corrected chi connectivity index (χ0v) is 7.42. The quantitative estimate of drug-likeness (QED) is 0.570. The van der Waals surface area contributed by atoms with Gasteiger partial charge in [-0.3, -0.25) is 0 Å². The zero-order valence-electron chi connectivity index (χ0n) is 7.42. The first-order chi connectivity index (χ1) is 5.26. The summed E-state index contributed by atoms with van der Waals surface area (Å²) in [5, 5.41) is 0. The van der Waals surface area contributed by atoms with Crippen LogP contribution in [0.1, 0.15) is 27.2 Å². The molecule has 0 aromatic carbocycles. The molecule has 0 bridgehead atoms. The molecule has 0 aliphatic carbocycles. The number of carbonyl (C=O) groups is 1. The number of rotatable bonds is 5. The number of hydrogen-bond donors (Lipinski definition) is 0. The standard InChI is InChI=1S/C8H16O3/c1-4-7(10-5-2)8(9)11-6-3/h7H,4-6H2,1-3H3. The fraction of sp³-hybridized carbons (Fsp3) is 0.875. The predicted molar refractivity (Wildman–Crippen MR) is 42.3 cm³/mol. The van der Waals surface area contributed by atoms with E-state index in [-0.39, 0.29) is 12.1 Å². The van der Waals surface area contributed by atoms with Gasteiger partial charge in [-0.25, -0.2) is 4.79 Å². The Hall–Kier alpha value is -0.570. The van der Waals surface area contributed by atoms with Crippen LogP contribution in [0, 0.1) is 0 Å². The molecule has 11 heavy (non-hydrogen) atoms. The van der Waals surface area contributed by atoms with Crippen LogP contribution in [0.5, 0.6) is 0 Å². The minimum Gasteiger partial charge on any atom is -0.464 e. The molecule has 3 heteroatoms. The summed E-state index contributed by atoms with van der Waals surface area (Å²) in [7, 11) is 0. The lowest BCUT2D eigenvalue weighted by Crippen LogP contribution is -2.25. The topological polar surface area (TPSA) is 35.5 Å². The van der Waals surface area contributed by atoms with Gasteiger partial charge in [0.05, 0.1) is 6.61 Å². The Morgan fingerprint density at radius 2 is 1.91 bits per heavy atom. The van der Waals surface area contributed by atoms with E-state index in [1.54, 1.807) is 6.92 Å². The molecule has 3 nitrogen and oxygen atoms in total. The summed E-state index contributed by atoms with van der Waals surface area (Å²) >= 11 is 0. The summed E-state index contributed by atoms with van der Waals surface area (Å²) < 4.78 is 9.91. The first kappa shape index (κ1) is 10.4. The third-order valence-electron chi connectivity index (χ3n) is 1.29. The molecule has 0 aromatic rings. The molecule has 0 spiro atoms. The molecule has 0 aliphatic rings. The average molecular weight is 160 g/mol. The van der Waals surface area contributed by atoms with Gasteiger partial charge in [-0.1, -0.05) is 6.92 Å². The van der Waals surface area contributed by atoms with Gasteiger partial charge in [-0.2, -0.15) is 0 Å². The molecular weight excluding hydrogens is 144 g/mol. The van der Waals surface area contributed by atoms with Crippen LogP contribution >= 0.6 is 0 Å². The maximum atomic E-state index is 11.0. The van der Waals surface area contributed by atoms with Gasteiger partial charge in [0.2, 0.25) is 0 Å². The normalized spacial score (nSPS) is 12.6. The van der Waals surface area contributed by atoms with Crippen LogP contribution < -0.4 is 0 Å². The van der Waals surface area contributed by atoms with E-state index in [9.17, 15) is 4.79 Å². The summed E-state index contributed by atoms with van der Waals surface area (Å²) in [6.07, 6.45) is 0.298. The van der Waals surface area contributed by atoms with Crippen molar-refractivity contribution in [3.63, 3.8) is 0 Å². The van der Waals surface area contributed by atoms with Gasteiger partial charge in [0.15, 0.2) is 6.10 Å². The molecule has 0 amide bonds. The highest BCUT2D eigenvalue weighted by Gasteiger charge is 2.16. The van der Waals surface area contributed by atoms with Crippen molar-refractivity contribution >= 4 is 5.97 Å². The van der Waals surface area contributed by atoms with E-state index in [2.05, 4.69) is 0 Å². The van der Waals surface area contributed by atoms with Crippen LogP contribution in [-0.4, -0.2) is 25.3 Å². The molecule has 0 saturated heterocycles. The Balaban J connectivity index is 3.71. The van der Waals surface area contributed by atoms with Crippen LogP contribution in [0.25, 0.3) is 0 Å². The van der Waals surface area contributed by atoms with Gasteiger partial charge in [0.25, 0.3) is 0 Å². The third-order valence-corrected chi connectivity index (χ3v) is 1.29. The van der Waals surface area contributed by atoms with Gasteiger partial charge < -0.3 is 9.47 Å². The molecule has 0 rings (SSSR count). The minimum atomic E-state index is -0.375. The fourth-order valence-corrected chi connectivity index (χ4v) is 0.789. The average Bonchev–Trinajstić information content (AvgIpc) is 2.00. The number of carbonyl (C=O) groups excluding carboxylic acids is 1. The van der Waals surface area contributed by atoms with E-state index in [4.69, 9.17) is 9.47 Å². The molecular formula is C8H16O3. The van der Waals surface area contributed by atoms with Crippen LogP contribution in [-0.2, 0) is 14.3 Å². The molecule has 0 N–H and O–H groups in total. The molecule has 0 radical (unpaired) electrons. The van der Waals surface area contributed by atoms with Gasteiger partial charge in [0, 0.05) is 6.61 Å². The maximum absolute atomic E-state index is 11.0. The Bertz CT molecular complexity index is 112. The lowest BCUT2D eigenvalue weighted by Gasteiger charge is -2.12. The Morgan fingerprint density at radius 3 is 2.27 bits per heavy atom. The first-order valence-electron chi connectivity index (χ1n) is 4.04. The highest BCUT2D eigenvalue weighted by atomic mass is 16.6. The number of ether oxygens (including phenoxy) is 2. The van der Waals surface area contributed by atoms with E-state index < -0.39 is 0 Å². The zero-order chi connectivity index (χ0) is 8.69. The van der Waals surface area contributed by atoms with Crippen LogP contribution in [0.3, 0.4) is 0 Å². The number of hydrogen-bond acceptors (Lipinski definition) is 3. The van der Waals surface area contributed by atoms with Crippen molar-refractivity contribution in [3.8, 4) is 0 Å². The lowest BCUT2D eigenvalue weighted by molar-refractivity contribution is -0.156. The van der Waals surface area contributed by atoms with Crippen molar-refractivity contribution in [2.75, 3.05) is 13.2 Å². The van der Waals surface area contributed by atoms with Crippen LogP contribution in [0.4, 0.5) is 0 Å². The van der Waals surface area contributed by atoms with Crippen molar-refractivity contribution in [2.24, 2.45) is 0 Å². The van der Waals surface area contributed by atoms with Crippen molar-refractivity contribution in [3.05, 3.63) is 0 Å². The van der Waals surface area contributed by atoms with Crippen molar-refractivity contribution in [1.82, 2.24) is 0 Å². The minimum absolute atomic E-state index is 0.253. The van der Waals surface area contributed by atoms with Crippen molar-refractivity contribution in [1.29, 1.82) is 0 Å².